The van der Waals surface area contributed by atoms with Crippen LogP contribution in [-0.2, 0) is 17.9 Å². The molecule has 0 aliphatic heterocycles. The van der Waals surface area contributed by atoms with Crippen LogP contribution in [0.5, 0.6) is 0 Å². The molecule has 1 unspecified atom stereocenters. The first-order valence-corrected chi connectivity index (χ1v) is 7.14. The Morgan fingerprint density at radius 3 is 2.95 bits per heavy atom. The Balaban J connectivity index is 1.99. The Morgan fingerprint density at radius 2 is 2.33 bits per heavy atom. The molecular weight excluding hydrogens is 290 g/mol. The van der Waals surface area contributed by atoms with E-state index in [1.807, 2.05) is 31.2 Å². The van der Waals surface area contributed by atoms with Crippen LogP contribution in [0, 0.1) is 0 Å². The van der Waals surface area contributed by atoms with E-state index in [0.717, 1.165) is 12.0 Å². The number of carbonyl (C=O) groups is 1. The van der Waals surface area contributed by atoms with Gasteiger partial charge in [-0.25, -0.2) is 4.68 Å². The summed E-state index contributed by atoms with van der Waals surface area (Å²) in [5.74, 6) is -0.129. The number of nitrogens with one attached hydrogen (secondary N) is 1. The molecule has 1 atom stereocenters. The molecule has 3 N–H and O–H groups in total. The van der Waals surface area contributed by atoms with Crippen molar-refractivity contribution in [2.24, 2.45) is 5.73 Å². The van der Waals surface area contributed by atoms with Crippen LogP contribution in [0.15, 0.2) is 30.5 Å². The molecule has 1 amide bonds. The first kappa shape index (κ1) is 15.5. The number of hydrogen-bond acceptors (Lipinski definition) is 4. The second-order valence-corrected chi connectivity index (χ2v) is 5.13. The first-order valence-electron chi connectivity index (χ1n) is 6.76. The Bertz CT molecular complexity index is 613. The fourth-order valence-electron chi connectivity index (χ4n) is 2.04. The Labute approximate surface area is 128 Å². The van der Waals surface area contributed by atoms with Gasteiger partial charge in [-0.3, -0.25) is 4.79 Å². The standard InChI is InChI=1S/C14H18ClN5O/c1-2-13(10-4-3-5-11(15)6-10)17-14(21)9-20-8-12(7-16)18-19-20/h3-6,8,13H,2,7,9,16H2,1H3,(H,17,21). The molecule has 7 heteroatoms. The van der Waals surface area contributed by atoms with Crippen LogP contribution in [0.3, 0.4) is 0 Å². The lowest BCUT2D eigenvalue weighted by molar-refractivity contribution is -0.122. The predicted molar refractivity (Wildman–Crippen MR) is 80.5 cm³/mol. The third-order valence-electron chi connectivity index (χ3n) is 3.10. The number of hydrogen-bond donors (Lipinski definition) is 2. The Kier molecular flexibility index (Phi) is 5.30. The quantitative estimate of drug-likeness (QED) is 0.850. The smallest absolute Gasteiger partial charge is 0.242 e. The van der Waals surface area contributed by atoms with Crippen LogP contribution in [0.1, 0.15) is 30.6 Å². The number of rotatable bonds is 6. The SMILES string of the molecule is CCC(NC(=O)Cn1cc(CN)nn1)c1cccc(Cl)c1. The van der Waals surface area contributed by atoms with Gasteiger partial charge in [0.2, 0.25) is 5.91 Å². The highest BCUT2D eigenvalue weighted by Gasteiger charge is 2.14. The summed E-state index contributed by atoms with van der Waals surface area (Å²) >= 11 is 5.98. The second kappa shape index (κ2) is 7.19. The molecule has 2 aromatic rings. The minimum Gasteiger partial charge on any atom is -0.348 e. The summed E-state index contributed by atoms with van der Waals surface area (Å²) in [7, 11) is 0. The van der Waals surface area contributed by atoms with Crippen LogP contribution in [0.2, 0.25) is 5.02 Å². The molecule has 0 saturated heterocycles. The Morgan fingerprint density at radius 1 is 1.52 bits per heavy atom. The van der Waals surface area contributed by atoms with Crippen LogP contribution >= 0.6 is 11.6 Å². The number of aromatic nitrogens is 3. The summed E-state index contributed by atoms with van der Waals surface area (Å²) in [6.45, 7) is 2.43. The number of benzene rings is 1. The fourth-order valence-corrected chi connectivity index (χ4v) is 2.24. The number of halogens is 1. The van der Waals surface area contributed by atoms with Crippen molar-refractivity contribution in [3.63, 3.8) is 0 Å². The van der Waals surface area contributed by atoms with E-state index in [0.29, 0.717) is 17.3 Å². The zero-order chi connectivity index (χ0) is 15.2. The third-order valence-corrected chi connectivity index (χ3v) is 3.33. The average Bonchev–Trinajstić information content (AvgIpc) is 2.92. The van der Waals surface area contributed by atoms with Gasteiger partial charge in [-0.05, 0) is 24.1 Å². The summed E-state index contributed by atoms with van der Waals surface area (Å²) in [4.78, 5) is 12.1. The molecule has 0 bridgehead atoms. The molecule has 1 heterocycles. The summed E-state index contributed by atoms with van der Waals surface area (Å²) < 4.78 is 1.47. The zero-order valence-electron chi connectivity index (χ0n) is 11.8. The number of nitrogens with two attached hydrogens (primary N) is 1. The molecular formula is C14H18ClN5O. The van der Waals surface area contributed by atoms with Crippen LogP contribution in [0.25, 0.3) is 0 Å². The maximum atomic E-state index is 12.1. The molecule has 1 aromatic carbocycles. The molecule has 21 heavy (non-hydrogen) atoms. The van der Waals surface area contributed by atoms with Crippen LogP contribution in [-0.4, -0.2) is 20.9 Å². The van der Waals surface area contributed by atoms with Gasteiger partial charge in [-0.2, -0.15) is 0 Å². The van der Waals surface area contributed by atoms with Gasteiger partial charge in [0.1, 0.15) is 6.54 Å². The predicted octanol–water partition coefficient (Wildman–Crippen LogP) is 1.66. The van der Waals surface area contributed by atoms with E-state index in [-0.39, 0.29) is 18.5 Å². The van der Waals surface area contributed by atoms with E-state index in [2.05, 4.69) is 15.6 Å². The topological polar surface area (TPSA) is 85.8 Å². The molecule has 0 fully saturated rings. The largest absolute Gasteiger partial charge is 0.348 e. The van der Waals surface area contributed by atoms with Crippen molar-refractivity contribution >= 4 is 17.5 Å². The minimum atomic E-state index is -0.129. The second-order valence-electron chi connectivity index (χ2n) is 4.69. The fraction of sp³-hybridized carbons (Fsp3) is 0.357. The van der Waals surface area contributed by atoms with Gasteiger partial charge in [-0.1, -0.05) is 35.9 Å². The van der Waals surface area contributed by atoms with Crippen molar-refractivity contribution in [2.75, 3.05) is 0 Å². The molecule has 0 aliphatic carbocycles. The van der Waals surface area contributed by atoms with Crippen molar-refractivity contribution in [2.45, 2.75) is 32.5 Å². The summed E-state index contributed by atoms with van der Waals surface area (Å²) in [6.07, 6.45) is 2.44. The van der Waals surface area contributed by atoms with E-state index in [4.69, 9.17) is 17.3 Å². The zero-order valence-corrected chi connectivity index (χ0v) is 12.5. The van der Waals surface area contributed by atoms with E-state index in [9.17, 15) is 4.79 Å². The van der Waals surface area contributed by atoms with Crippen LogP contribution in [0.4, 0.5) is 0 Å². The van der Waals surface area contributed by atoms with Gasteiger partial charge in [0.25, 0.3) is 0 Å². The molecule has 0 saturated carbocycles. The lowest BCUT2D eigenvalue weighted by Crippen LogP contribution is -2.31. The maximum Gasteiger partial charge on any atom is 0.242 e. The third kappa shape index (κ3) is 4.27. The van der Waals surface area contributed by atoms with Gasteiger partial charge in [-0.15, -0.1) is 5.10 Å². The van der Waals surface area contributed by atoms with Gasteiger partial charge in [0.15, 0.2) is 0 Å². The number of carbonyl (C=O) groups excluding carboxylic acids is 1. The molecule has 0 aliphatic rings. The summed E-state index contributed by atoms with van der Waals surface area (Å²) in [5, 5.41) is 11.3. The van der Waals surface area contributed by atoms with E-state index in [1.54, 1.807) is 6.20 Å². The van der Waals surface area contributed by atoms with E-state index in [1.165, 1.54) is 4.68 Å². The highest BCUT2D eigenvalue weighted by Crippen LogP contribution is 2.20. The molecule has 112 valence electrons. The minimum absolute atomic E-state index is 0.0753. The lowest BCUT2D eigenvalue weighted by atomic mass is 10.0. The van der Waals surface area contributed by atoms with E-state index < -0.39 is 0 Å². The van der Waals surface area contributed by atoms with E-state index >= 15 is 0 Å². The van der Waals surface area contributed by atoms with Gasteiger partial charge >= 0.3 is 0 Å². The molecule has 2 rings (SSSR count). The van der Waals surface area contributed by atoms with Gasteiger partial charge in [0, 0.05) is 11.6 Å². The van der Waals surface area contributed by atoms with Crippen LogP contribution < -0.4 is 11.1 Å². The van der Waals surface area contributed by atoms with Crippen molar-refractivity contribution in [1.29, 1.82) is 0 Å². The number of amides is 1. The van der Waals surface area contributed by atoms with Gasteiger partial charge in [0.05, 0.1) is 17.9 Å². The number of nitrogens with zero attached hydrogens (tertiary/aromatic N) is 3. The van der Waals surface area contributed by atoms with Crippen molar-refractivity contribution in [3.05, 3.63) is 46.7 Å². The van der Waals surface area contributed by atoms with Crippen molar-refractivity contribution in [3.8, 4) is 0 Å². The maximum absolute atomic E-state index is 12.1. The molecule has 6 nitrogen and oxygen atoms in total. The summed E-state index contributed by atoms with van der Waals surface area (Å²) in [6, 6.07) is 7.41. The highest BCUT2D eigenvalue weighted by atomic mass is 35.5. The first-order chi connectivity index (χ1) is 10.1. The van der Waals surface area contributed by atoms with Gasteiger partial charge < -0.3 is 11.1 Å². The lowest BCUT2D eigenvalue weighted by Gasteiger charge is -2.17. The summed E-state index contributed by atoms with van der Waals surface area (Å²) in [5.41, 5.74) is 7.10. The van der Waals surface area contributed by atoms with Crippen molar-refractivity contribution < 1.29 is 4.79 Å². The van der Waals surface area contributed by atoms with Crippen molar-refractivity contribution in [1.82, 2.24) is 20.3 Å². The Hall–Kier alpha value is -1.92. The normalized spacial score (nSPS) is 12.1. The highest BCUT2D eigenvalue weighted by molar-refractivity contribution is 6.30. The molecule has 1 aromatic heterocycles. The molecule has 0 spiro atoms. The molecule has 0 radical (unpaired) electrons. The average molecular weight is 308 g/mol. The monoisotopic (exact) mass is 307 g/mol.